The number of anilines is 1. The van der Waals surface area contributed by atoms with Crippen LogP contribution in [0.4, 0.5) is 5.69 Å². The molecule has 1 unspecified atom stereocenters. The predicted molar refractivity (Wildman–Crippen MR) is 103 cm³/mol. The summed E-state index contributed by atoms with van der Waals surface area (Å²) in [6, 6.07) is 17.0. The van der Waals surface area contributed by atoms with E-state index in [1.807, 2.05) is 62.4 Å². The van der Waals surface area contributed by atoms with Crippen molar-refractivity contribution in [3.05, 3.63) is 65.7 Å². The average molecular weight is 357 g/mol. The molecule has 0 bridgehead atoms. The summed E-state index contributed by atoms with van der Waals surface area (Å²) in [5.74, 6) is 0.393. The van der Waals surface area contributed by atoms with Gasteiger partial charge in [-0.1, -0.05) is 30.3 Å². The largest absolute Gasteiger partial charge is 0.465 e. The Bertz CT molecular complexity index is 718. The van der Waals surface area contributed by atoms with E-state index < -0.39 is 0 Å². The molecule has 2 aromatic rings. The van der Waals surface area contributed by atoms with Crippen molar-refractivity contribution in [3.8, 4) is 0 Å². The van der Waals surface area contributed by atoms with Crippen molar-refractivity contribution in [1.82, 2.24) is 0 Å². The monoisotopic (exact) mass is 357 g/mol. The van der Waals surface area contributed by atoms with Gasteiger partial charge in [-0.05, 0) is 43.7 Å². The Morgan fingerprint density at radius 2 is 1.84 bits per heavy atom. The molecule has 4 nitrogen and oxygen atoms in total. The molecule has 25 heavy (non-hydrogen) atoms. The molecule has 0 heterocycles. The molecule has 0 aromatic heterocycles. The summed E-state index contributed by atoms with van der Waals surface area (Å²) in [5, 5.41) is -0.179. The zero-order chi connectivity index (χ0) is 18.2. The highest BCUT2D eigenvalue weighted by atomic mass is 32.2. The van der Waals surface area contributed by atoms with E-state index in [2.05, 4.69) is 0 Å². The number of rotatable bonds is 7. The highest BCUT2D eigenvalue weighted by Gasteiger charge is 2.21. The van der Waals surface area contributed by atoms with Gasteiger partial charge in [0, 0.05) is 18.0 Å². The van der Waals surface area contributed by atoms with Crippen molar-refractivity contribution in [2.75, 3.05) is 18.6 Å². The van der Waals surface area contributed by atoms with Crippen LogP contribution in [0.3, 0.4) is 0 Å². The molecule has 0 aliphatic heterocycles. The normalized spacial score (nSPS) is 11.6. The third-order valence-corrected chi connectivity index (χ3v) is 5.05. The van der Waals surface area contributed by atoms with Gasteiger partial charge in [-0.3, -0.25) is 4.79 Å². The number of ether oxygens (including phenoxy) is 1. The number of nitrogens with zero attached hydrogens (tertiary/aromatic N) is 1. The van der Waals surface area contributed by atoms with Crippen LogP contribution in [0.15, 0.2) is 54.6 Å². The molecule has 0 spiro atoms. The molecule has 0 N–H and O–H groups in total. The van der Waals surface area contributed by atoms with E-state index in [9.17, 15) is 9.59 Å². The van der Waals surface area contributed by atoms with Gasteiger partial charge in [0.1, 0.15) is 0 Å². The van der Waals surface area contributed by atoms with E-state index in [-0.39, 0.29) is 17.1 Å². The highest BCUT2D eigenvalue weighted by molar-refractivity contribution is 7.99. The second-order valence-electron chi connectivity index (χ2n) is 5.56. The molecule has 0 fully saturated rings. The van der Waals surface area contributed by atoms with Crippen LogP contribution in [-0.2, 0) is 15.3 Å². The number of hydrogen-bond donors (Lipinski definition) is 0. The second-order valence-corrected chi connectivity index (χ2v) is 6.89. The molecule has 0 saturated carbocycles. The van der Waals surface area contributed by atoms with Gasteiger partial charge in [0.05, 0.1) is 17.9 Å². The van der Waals surface area contributed by atoms with Crippen molar-refractivity contribution in [1.29, 1.82) is 0 Å². The van der Waals surface area contributed by atoms with Crippen LogP contribution in [0.25, 0.3) is 0 Å². The molecular formula is C20H23NO3S. The number of thioether (sulfide) groups is 1. The van der Waals surface area contributed by atoms with Crippen LogP contribution in [0.5, 0.6) is 0 Å². The minimum Gasteiger partial charge on any atom is -0.465 e. The summed E-state index contributed by atoms with van der Waals surface area (Å²) in [4.78, 5) is 26.1. The number of carbonyl (C=O) groups excluding carboxylic acids is 2. The molecule has 132 valence electrons. The fourth-order valence-corrected chi connectivity index (χ4v) is 3.38. The first-order valence-corrected chi connectivity index (χ1v) is 9.27. The molecule has 2 aromatic carbocycles. The third-order valence-electron chi connectivity index (χ3n) is 3.85. The van der Waals surface area contributed by atoms with Crippen LogP contribution >= 0.6 is 11.8 Å². The van der Waals surface area contributed by atoms with Crippen molar-refractivity contribution < 1.29 is 14.3 Å². The molecular weight excluding hydrogens is 334 g/mol. The maximum absolute atomic E-state index is 12.7. The number of para-hydroxylation sites is 1. The quantitative estimate of drug-likeness (QED) is 0.699. The Morgan fingerprint density at radius 1 is 1.12 bits per heavy atom. The lowest BCUT2D eigenvalue weighted by Gasteiger charge is -2.24. The molecule has 5 heteroatoms. The summed E-state index contributed by atoms with van der Waals surface area (Å²) in [5.41, 5.74) is 2.43. The lowest BCUT2D eigenvalue weighted by Crippen LogP contribution is -2.36. The Morgan fingerprint density at radius 3 is 2.48 bits per heavy atom. The first-order chi connectivity index (χ1) is 12.1. The number of amides is 1. The summed E-state index contributed by atoms with van der Waals surface area (Å²) in [6.07, 6.45) is 0. The predicted octanol–water partition coefficient (Wildman–Crippen LogP) is 4.15. The third kappa shape index (κ3) is 5.10. The lowest BCUT2D eigenvalue weighted by molar-refractivity contribution is -0.117. The molecule has 0 radical (unpaired) electrons. The van der Waals surface area contributed by atoms with Crippen molar-refractivity contribution >= 4 is 29.3 Å². The number of esters is 1. The Hall–Kier alpha value is -2.27. The molecule has 1 amide bonds. The minimum atomic E-state index is -0.350. The van der Waals surface area contributed by atoms with E-state index in [1.54, 1.807) is 22.7 Å². The average Bonchev–Trinajstić information content (AvgIpc) is 2.67. The lowest BCUT2D eigenvalue weighted by atomic mass is 10.1. The number of carbonyl (C=O) groups is 2. The van der Waals surface area contributed by atoms with Crippen LogP contribution in [0, 0.1) is 0 Å². The maximum Gasteiger partial charge on any atom is 0.337 e. The van der Waals surface area contributed by atoms with E-state index in [0.29, 0.717) is 17.9 Å². The van der Waals surface area contributed by atoms with E-state index >= 15 is 0 Å². The van der Waals surface area contributed by atoms with Gasteiger partial charge in [-0.15, -0.1) is 11.8 Å². The number of hydrogen-bond acceptors (Lipinski definition) is 4. The Kier molecular flexibility index (Phi) is 7.07. The Balaban J connectivity index is 2.00. The SMILES string of the molecule is CCN(C(=O)C(C)SCc1cccc(C(=O)OC)c1)c1ccccc1. The summed E-state index contributed by atoms with van der Waals surface area (Å²) >= 11 is 1.56. The topological polar surface area (TPSA) is 46.6 Å². The smallest absolute Gasteiger partial charge is 0.337 e. The molecule has 0 saturated heterocycles. The second kappa shape index (κ2) is 9.28. The first-order valence-electron chi connectivity index (χ1n) is 8.22. The van der Waals surface area contributed by atoms with Crippen LogP contribution in [-0.4, -0.2) is 30.8 Å². The Labute approximate surface area is 153 Å². The van der Waals surface area contributed by atoms with Crippen molar-refractivity contribution in [2.45, 2.75) is 24.9 Å². The highest BCUT2D eigenvalue weighted by Crippen LogP contribution is 2.23. The maximum atomic E-state index is 12.7. The fraction of sp³-hybridized carbons (Fsp3) is 0.300. The summed E-state index contributed by atoms with van der Waals surface area (Å²) in [7, 11) is 1.37. The number of benzene rings is 2. The molecule has 2 rings (SSSR count). The van der Waals surface area contributed by atoms with Crippen LogP contribution in [0.1, 0.15) is 29.8 Å². The van der Waals surface area contributed by atoms with Gasteiger partial charge in [-0.2, -0.15) is 0 Å². The van der Waals surface area contributed by atoms with Gasteiger partial charge in [0.15, 0.2) is 0 Å². The zero-order valence-corrected chi connectivity index (χ0v) is 15.6. The molecule has 0 aliphatic rings. The van der Waals surface area contributed by atoms with Gasteiger partial charge >= 0.3 is 5.97 Å². The molecule has 0 aliphatic carbocycles. The minimum absolute atomic E-state index is 0.0859. The van der Waals surface area contributed by atoms with Gasteiger partial charge in [0.2, 0.25) is 5.91 Å². The summed E-state index contributed by atoms with van der Waals surface area (Å²) < 4.78 is 4.74. The van der Waals surface area contributed by atoms with Gasteiger partial charge < -0.3 is 9.64 Å². The fourth-order valence-electron chi connectivity index (χ4n) is 2.49. The van der Waals surface area contributed by atoms with Crippen LogP contribution in [0.2, 0.25) is 0 Å². The van der Waals surface area contributed by atoms with Gasteiger partial charge in [-0.25, -0.2) is 4.79 Å². The van der Waals surface area contributed by atoms with E-state index in [0.717, 1.165) is 11.3 Å². The van der Waals surface area contributed by atoms with E-state index in [1.165, 1.54) is 7.11 Å². The summed E-state index contributed by atoms with van der Waals surface area (Å²) in [6.45, 7) is 4.52. The zero-order valence-electron chi connectivity index (χ0n) is 14.8. The standard InChI is InChI=1S/C20H23NO3S/c1-4-21(18-11-6-5-7-12-18)19(22)15(2)25-14-16-9-8-10-17(13-16)20(23)24-3/h5-13,15H,4,14H2,1-3H3. The van der Waals surface area contributed by atoms with Crippen molar-refractivity contribution in [2.24, 2.45) is 0 Å². The molecule has 1 atom stereocenters. The number of methoxy groups -OCH3 is 1. The first kappa shape index (κ1) is 19.1. The van der Waals surface area contributed by atoms with E-state index in [4.69, 9.17) is 4.74 Å². The van der Waals surface area contributed by atoms with Crippen molar-refractivity contribution in [3.63, 3.8) is 0 Å². The van der Waals surface area contributed by atoms with Crippen LogP contribution < -0.4 is 4.90 Å². The van der Waals surface area contributed by atoms with Gasteiger partial charge in [0.25, 0.3) is 0 Å².